The molecule has 0 aromatic heterocycles. The Balaban J connectivity index is 1.76. The second-order valence-corrected chi connectivity index (χ2v) is 8.23. The Morgan fingerprint density at radius 1 is 1.24 bits per heavy atom. The number of fused-ring (bicyclic) bond motifs is 1. The first-order chi connectivity index (χ1) is 13.8. The topological polar surface area (TPSA) is 85.4 Å². The average molecular weight is 420 g/mol. The first kappa shape index (κ1) is 21.3. The van der Waals surface area contributed by atoms with Crippen LogP contribution >= 0.6 is 11.8 Å². The molecule has 9 heteroatoms. The number of rotatable bonds is 7. The molecule has 1 aromatic carbocycles. The summed E-state index contributed by atoms with van der Waals surface area (Å²) < 4.78 is 7.46. The molecule has 0 radical (unpaired) electrons. The lowest BCUT2D eigenvalue weighted by atomic mass is 10.1. The number of nitrogens with zero attached hydrogens (tertiary/aromatic N) is 4. The molecular weight excluding hydrogens is 392 g/mol. The van der Waals surface area contributed by atoms with E-state index in [9.17, 15) is 14.7 Å². The van der Waals surface area contributed by atoms with Gasteiger partial charge in [-0.15, -0.1) is 0 Å². The van der Waals surface area contributed by atoms with Crippen molar-refractivity contribution in [2.45, 2.75) is 32.4 Å². The van der Waals surface area contributed by atoms with Gasteiger partial charge in [0.25, 0.3) is 17.8 Å². The Labute approximate surface area is 174 Å². The van der Waals surface area contributed by atoms with Crippen molar-refractivity contribution in [1.82, 2.24) is 9.80 Å². The van der Waals surface area contributed by atoms with Crippen LogP contribution in [0.4, 0.5) is 4.79 Å². The number of thioether (sulfide) groups is 1. The maximum atomic E-state index is 12.8. The highest BCUT2D eigenvalue weighted by Gasteiger charge is 2.53. The smallest absolute Gasteiger partial charge is 0.358 e. The Hall–Kier alpha value is -2.39. The van der Waals surface area contributed by atoms with Gasteiger partial charge in [0.1, 0.15) is 25.0 Å². The summed E-state index contributed by atoms with van der Waals surface area (Å²) in [6.45, 7) is 4.32. The molecule has 8 nitrogen and oxygen atoms in total. The number of aliphatic imine (C=N–C) groups is 1. The van der Waals surface area contributed by atoms with Crippen LogP contribution in [0.3, 0.4) is 0 Å². The van der Waals surface area contributed by atoms with Gasteiger partial charge >= 0.3 is 11.2 Å². The van der Waals surface area contributed by atoms with E-state index in [0.717, 1.165) is 22.6 Å². The zero-order valence-corrected chi connectivity index (χ0v) is 18.0. The highest BCUT2D eigenvalue weighted by Crippen LogP contribution is 2.23. The van der Waals surface area contributed by atoms with Crippen molar-refractivity contribution in [1.29, 1.82) is 0 Å². The van der Waals surface area contributed by atoms with Gasteiger partial charge in [-0.25, -0.2) is 9.37 Å². The maximum absolute atomic E-state index is 12.8. The number of aryl methyl sites for hydroxylation is 1. The molecule has 0 bridgehead atoms. The summed E-state index contributed by atoms with van der Waals surface area (Å²) >= 11 is 1.52. The molecule has 2 aliphatic heterocycles. The molecule has 0 aliphatic carbocycles. The van der Waals surface area contributed by atoms with E-state index in [1.165, 1.54) is 23.7 Å². The van der Waals surface area contributed by atoms with Gasteiger partial charge in [0.2, 0.25) is 0 Å². The molecular formula is C20H27N4O4S+. The van der Waals surface area contributed by atoms with Crippen LogP contribution in [-0.4, -0.2) is 87.6 Å². The van der Waals surface area contributed by atoms with E-state index in [4.69, 9.17) is 4.74 Å². The summed E-state index contributed by atoms with van der Waals surface area (Å²) in [5, 5.41) is 11.2. The van der Waals surface area contributed by atoms with Gasteiger partial charge in [-0.05, 0) is 42.2 Å². The Kier molecular flexibility index (Phi) is 6.59. The minimum atomic E-state index is -0.830. The fraction of sp³-hybridized carbons (Fsp3) is 0.500. The van der Waals surface area contributed by atoms with E-state index in [0.29, 0.717) is 16.8 Å². The molecule has 156 valence electrons. The maximum Gasteiger partial charge on any atom is 0.358 e. The third-order valence-electron chi connectivity index (χ3n) is 4.80. The van der Waals surface area contributed by atoms with Gasteiger partial charge in [-0.1, -0.05) is 24.6 Å². The number of amides is 3. The van der Waals surface area contributed by atoms with Crippen molar-refractivity contribution in [3.05, 3.63) is 29.8 Å². The summed E-state index contributed by atoms with van der Waals surface area (Å²) in [4.78, 5) is 32.1. The zero-order valence-electron chi connectivity index (χ0n) is 17.2. The van der Waals surface area contributed by atoms with Crippen LogP contribution in [0.25, 0.3) is 0 Å². The third kappa shape index (κ3) is 4.45. The number of likely N-dealkylation sites (N-methyl/N-ethyl adjacent to an activating group) is 2. The molecule has 1 saturated heterocycles. The summed E-state index contributed by atoms with van der Waals surface area (Å²) in [5.74, 6) is 1.57. The van der Waals surface area contributed by atoms with Crippen molar-refractivity contribution in [2.24, 2.45) is 4.99 Å². The van der Waals surface area contributed by atoms with Crippen LogP contribution in [0.2, 0.25) is 0 Å². The van der Waals surface area contributed by atoms with Gasteiger partial charge in [-0.2, -0.15) is 0 Å². The van der Waals surface area contributed by atoms with Crippen molar-refractivity contribution in [3.8, 4) is 5.75 Å². The van der Waals surface area contributed by atoms with Crippen LogP contribution in [0.1, 0.15) is 18.9 Å². The van der Waals surface area contributed by atoms with E-state index < -0.39 is 18.2 Å². The standard InChI is InChI=1S/C20H27N4O4S/c1-5-10-29-19-21-17-16(18(26)23(4)20(27)22(17)3)24(19)11-14(25)12-28-15-8-6-13(2)7-9-15/h6-9,14,16,25H,5,10-12H2,1-4H3/q+1. The van der Waals surface area contributed by atoms with E-state index >= 15 is 0 Å². The fourth-order valence-electron chi connectivity index (χ4n) is 3.17. The molecule has 1 aromatic rings. The largest absolute Gasteiger partial charge is 0.491 e. The van der Waals surface area contributed by atoms with Crippen molar-refractivity contribution in [3.63, 3.8) is 0 Å². The lowest BCUT2D eigenvalue weighted by molar-refractivity contribution is -0.541. The van der Waals surface area contributed by atoms with Gasteiger partial charge in [0, 0.05) is 19.8 Å². The number of aliphatic hydroxyl groups is 1. The number of hydrogen-bond acceptors (Lipinski definition) is 6. The van der Waals surface area contributed by atoms with Gasteiger partial charge in [-0.3, -0.25) is 14.6 Å². The first-order valence-corrected chi connectivity index (χ1v) is 10.6. The predicted octanol–water partition coefficient (Wildman–Crippen LogP) is 1.55. The highest BCUT2D eigenvalue weighted by atomic mass is 32.2. The molecule has 3 amide bonds. The Morgan fingerprint density at radius 3 is 2.59 bits per heavy atom. The number of carbonyl (C=O) groups is 2. The summed E-state index contributed by atoms with van der Waals surface area (Å²) in [6, 6.07) is 6.48. The predicted molar refractivity (Wildman–Crippen MR) is 113 cm³/mol. The molecule has 2 atom stereocenters. The van der Waals surface area contributed by atoms with E-state index in [1.54, 1.807) is 11.6 Å². The van der Waals surface area contributed by atoms with E-state index in [1.807, 2.05) is 31.2 Å². The Bertz CT molecular complexity index is 853. The minimum Gasteiger partial charge on any atom is -0.491 e. The van der Waals surface area contributed by atoms with Gasteiger partial charge in [0.05, 0.1) is 0 Å². The van der Waals surface area contributed by atoms with E-state index in [-0.39, 0.29) is 19.1 Å². The van der Waals surface area contributed by atoms with E-state index in [2.05, 4.69) is 11.9 Å². The summed E-state index contributed by atoms with van der Waals surface area (Å²) in [6.07, 6.45) is 0.114. The molecule has 0 spiro atoms. The SMILES string of the molecule is CCCSC1=[N+](CC(O)COc2ccc(C)cc2)C2C(=O)N(C)C(=O)N(C)C2=N1. The number of urea groups is 1. The lowest BCUT2D eigenvalue weighted by Crippen LogP contribution is -2.62. The summed E-state index contributed by atoms with van der Waals surface area (Å²) in [5.41, 5.74) is 1.13. The number of amidine groups is 2. The lowest BCUT2D eigenvalue weighted by Gasteiger charge is -2.31. The zero-order chi connectivity index (χ0) is 21.1. The summed E-state index contributed by atoms with van der Waals surface area (Å²) in [7, 11) is 3.07. The molecule has 3 rings (SSSR count). The molecule has 1 N–H and O–H groups in total. The second-order valence-electron chi connectivity index (χ2n) is 7.17. The molecule has 2 aliphatic rings. The number of aliphatic hydroxyl groups excluding tert-OH is 1. The number of β-amino-alcohol motifs (C(OH)–C–C–N with tert-alkyl or cyclic N) is 1. The number of benzene rings is 1. The molecule has 2 heterocycles. The number of hydrogen-bond donors (Lipinski definition) is 1. The number of carbonyl (C=O) groups excluding carboxylic acids is 2. The second kappa shape index (κ2) is 8.96. The van der Waals surface area contributed by atoms with Gasteiger partial charge < -0.3 is 9.84 Å². The van der Waals surface area contributed by atoms with Crippen molar-refractivity contribution >= 4 is 34.7 Å². The van der Waals surface area contributed by atoms with Crippen LogP contribution in [0.15, 0.2) is 29.3 Å². The average Bonchev–Trinajstić information content (AvgIpc) is 3.07. The third-order valence-corrected chi connectivity index (χ3v) is 6.00. The van der Waals surface area contributed by atoms with Crippen LogP contribution < -0.4 is 4.74 Å². The molecule has 29 heavy (non-hydrogen) atoms. The fourth-order valence-corrected chi connectivity index (χ4v) is 4.07. The molecule has 1 fully saturated rings. The van der Waals surface area contributed by atoms with Crippen LogP contribution in [0.5, 0.6) is 5.75 Å². The normalized spacial score (nSPS) is 20.2. The molecule has 0 saturated carbocycles. The molecule has 2 unspecified atom stereocenters. The highest BCUT2D eigenvalue weighted by molar-refractivity contribution is 8.13. The van der Waals surface area contributed by atoms with Crippen LogP contribution in [0, 0.1) is 6.92 Å². The quantitative estimate of drug-likeness (QED) is 0.678. The number of ether oxygens (including phenoxy) is 1. The monoisotopic (exact) mass is 419 g/mol. The van der Waals surface area contributed by atoms with Crippen molar-refractivity contribution in [2.75, 3.05) is 33.0 Å². The number of imide groups is 1. The minimum absolute atomic E-state index is 0.0894. The Morgan fingerprint density at radius 2 is 1.93 bits per heavy atom. The first-order valence-electron chi connectivity index (χ1n) is 9.61. The van der Waals surface area contributed by atoms with Gasteiger partial charge in [0.15, 0.2) is 0 Å². The van der Waals surface area contributed by atoms with Crippen LogP contribution in [-0.2, 0) is 4.79 Å². The van der Waals surface area contributed by atoms with Crippen molar-refractivity contribution < 1.29 is 24.0 Å².